The van der Waals surface area contributed by atoms with Crippen LogP contribution in [0.25, 0.3) is 0 Å². The van der Waals surface area contributed by atoms with Crippen LogP contribution in [0.4, 0.5) is 0 Å². The van der Waals surface area contributed by atoms with E-state index < -0.39 is 88.9 Å². The Morgan fingerprint density at radius 1 is 0.755 bits per heavy atom. The van der Waals surface area contributed by atoms with E-state index in [9.17, 15) is 29.7 Å². The van der Waals surface area contributed by atoms with Crippen LogP contribution in [0.15, 0.2) is 73.3 Å². The molecule has 22 heteroatoms. The van der Waals surface area contributed by atoms with Gasteiger partial charge >= 0.3 is 34.5 Å². The Hall–Kier alpha value is -3.79. The van der Waals surface area contributed by atoms with Crippen LogP contribution in [-0.4, -0.2) is 118 Å². The summed E-state index contributed by atoms with van der Waals surface area (Å²) in [6, 6.07) is 18.6. The van der Waals surface area contributed by atoms with E-state index >= 15 is 0 Å². The number of hydrogen-bond donors (Lipinski definition) is 6. The van der Waals surface area contributed by atoms with Gasteiger partial charge in [0, 0.05) is 11.1 Å². The summed E-state index contributed by atoms with van der Waals surface area (Å²) in [5.41, 5.74) is 11.7. The molecular weight excluding hydrogens is 797 g/mol. The zero-order chi connectivity index (χ0) is 37.8. The van der Waals surface area contributed by atoms with Crippen molar-refractivity contribution in [2.75, 3.05) is 13.2 Å². The number of primary amides is 2. The van der Waals surface area contributed by atoms with Crippen LogP contribution in [0, 0.1) is 0 Å². The number of aldehydes is 1. The van der Waals surface area contributed by atoms with Gasteiger partial charge in [0.15, 0.2) is 18.7 Å². The first kappa shape index (κ1) is 43.6. The van der Waals surface area contributed by atoms with Gasteiger partial charge < -0.3 is 50.8 Å². The standard InChI is InChI=1S/C15H16N4O5.C8H12N4O5.C7H6O.CH4.2ClH.Zn/c16-12(21)13-17-7-19(18-13)14-11-10(9(6-20)22-14)23-15(24-11)8-4-2-1-3-5-8;9-6(16)7-10-2-12(11-7)8-5(15)4(14)3(1-13)17-8;8-6-7-4-2-1-3-5-7;;;;/h1-5,7,9-11,14-15,20H,6H2,(H2,16,21);2-5,8,13-15H,1H2,(H2,9,16);1-6H;1H4;2*1H;/q;;;;;;+2/p-2/t9-,10?,11?,14-,15?;3-,4-,5-,8-;;;;;/m11...../s1. The second kappa shape index (κ2) is 21.2. The van der Waals surface area contributed by atoms with E-state index in [1.54, 1.807) is 12.1 Å². The first-order valence-corrected chi connectivity index (χ1v) is 23.1. The third kappa shape index (κ3) is 11.1. The Bertz CT molecular complexity index is 1730. The van der Waals surface area contributed by atoms with Crippen LogP contribution in [0.1, 0.15) is 63.3 Å². The van der Waals surface area contributed by atoms with Crippen LogP contribution in [0.3, 0.4) is 0 Å². The van der Waals surface area contributed by atoms with E-state index in [-0.39, 0.29) is 25.7 Å². The molecule has 0 spiro atoms. The van der Waals surface area contributed by atoms with Crippen molar-refractivity contribution in [1.29, 1.82) is 0 Å². The average Bonchev–Trinajstić information content (AvgIpc) is 4.00. The van der Waals surface area contributed by atoms with Crippen molar-refractivity contribution in [1.82, 2.24) is 29.5 Å². The zero-order valence-corrected chi connectivity index (χ0v) is 31.5. The van der Waals surface area contributed by atoms with Crippen molar-refractivity contribution >= 4 is 37.5 Å². The second-order valence-electron chi connectivity index (χ2n) is 10.9. The van der Waals surface area contributed by atoms with Crippen molar-refractivity contribution in [3.05, 3.63) is 96.1 Å². The number of carbonyl (C=O) groups excluding carboxylic acids is 3. The average molecular weight is 835 g/mol. The fourth-order valence-electron chi connectivity index (χ4n) is 5.11. The van der Waals surface area contributed by atoms with Gasteiger partial charge in [0.2, 0.25) is 11.6 Å². The Balaban J connectivity index is 0.000000227. The quantitative estimate of drug-likeness (QED) is 0.103. The monoisotopic (exact) mass is 832 g/mol. The number of amides is 2. The first-order valence-electron chi connectivity index (χ1n) is 15.3. The van der Waals surface area contributed by atoms with E-state index in [2.05, 4.69) is 20.2 Å². The number of fused-ring (bicyclic) bond motifs is 1. The number of carbonyl (C=O) groups is 3. The van der Waals surface area contributed by atoms with Gasteiger partial charge in [-0.3, -0.25) is 14.4 Å². The summed E-state index contributed by atoms with van der Waals surface area (Å²) in [5, 5.41) is 45.3. The number of aliphatic hydroxyl groups excluding tert-OH is 4. The zero-order valence-electron chi connectivity index (χ0n) is 27.1. The third-order valence-electron chi connectivity index (χ3n) is 7.53. The molecule has 7 rings (SSSR count). The molecule has 9 atom stereocenters. The summed E-state index contributed by atoms with van der Waals surface area (Å²) in [5.74, 6) is -1.87. The SMILES string of the molecule is C.NC(=O)c1ncn([C@@H]2O[C@H](CO)C3OC(c4ccccc4)OC32)n1.NC(=O)c1ncn([C@@H]2O[C@H](CO)[C@@H](O)[C@H]2O)n1.O=Cc1ccccc1.[Cl][Zn][Cl]. The van der Waals surface area contributed by atoms with Crippen LogP contribution < -0.4 is 11.5 Å². The molecule has 53 heavy (non-hydrogen) atoms. The van der Waals surface area contributed by atoms with Gasteiger partial charge in [-0.1, -0.05) is 68.1 Å². The minimum atomic E-state index is -1.27. The van der Waals surface area contributed by atoms with Gasteiger partial charge in [-0.25, -0.2) is 19.3 Å². The third-order valence-corrected chi connectivity index (χ3v) is 7.53. The molecule has 3 saturated heterocycles. The summed E-state index contributed by atoms with van der Waals surface area (Å²) in [6.45, 7) is -0.661. The number of hydrogen-bond acceptors (Lipinski definition) is 15. The van der Waals surface area contributed by atoms with Crippen LogP contribution in [-0.2, 0) is 34.1 Å². The van der Waals surface area contributed by atoms with Gasteiger partial charge in [-0.05, 0) is 0 Å². The maximum atomic E-state index is 11.2. The fourth-order valence-corrected chi connectivity index (χ4v) is 5.11. The number of nitrogens with zero attached hydrogens (tertiary/aromatic N) is 6. The van der Waals surface area contributed by atoms with Crippen molar-refractivity contribution in [2.24, 2.45) is 11.5 Å². The Labute approximate surface area is 318 Å². The minimum absolute atomic E-state index is 0. The molecule has 19 nitrogen and oxygen atoms in total. The molecule has 8 N–H and O–H groups in total. The number of aromatic nitrogens is 6. The number of nitrogens with two attached hydrogens (primary N) is 2. The summed E-state index contributed by atoms with van der Waals surface area (Å²) in [6.07, 6.45) is -3.81. The summed E-state index contributed by atoms with van der Waals surface area (Å²) < 4.78 is 25.3. The normalized spacial score (nSPS) is 26.5. The van der Waals surface area contributed by atoms with Gasteiger partial charge in [0.05, 0.1) is 13.2 Å². The Kier molecular flexibility index (Phi) is 17.4. The molecule has 0 bridgehead atoms. The first-order chi connectivity index (χ1) is 25.1. The van der Waals surface area contributed by atoms with E-state index in [0.717, 1.165) is 28.4 Å². The molecule has 5 heterocycles. The number of rotatable bonds is 8. The van der Waals surface area contributed by atoms with E-state index in [1.807, 2.05) is 48.5 Å². The molecular formula is C31H38Cl2N8O11Zn. The molecule has 0 radical (unpaired) electrons. The molecule has 3 aliphatic rings. The molecule has 2 aromatic carbocycles. The predicted octanol–water partition coefficient (Wildman–Crippen LogP) is 0.250. The van der Waals surface area contributed by atoms with Crippen LogP contribution in [0.2, 0.25) is 0 Å². The number of benzene rings is 2. The van der Waals surface area contributed by atoms with Crippen molar-refractivity contribution in [2.45, 2.75) is 62.8 Å². The molecule has 0 saturated carbocycles. The fraction of sp³-hybridized carbons (Fsp3) is 0.387. The molecule has 2 amide bonds. The van der Waals surface area contributed by atoms with Gasteiger partial charge in [0.25, 0.3) is 11.8 Å². The summed E-state index contributed by atoms with van der Waals surface area (Å²) >= 11 is -0.931. The predicted molar refractivity (Wildman–Crippen MR) is 180 cm³/mol. The van der Waals surface area contributed by atoms with Crippen molar-refractivity contribution in [3.63, 3.8) is 0 Å². The molecule has 3 unspecified atom stereocenters. The molecule has 2 aromatic heterocycles. The van der Waals surface area contributed by atoms with E-state index in [0.29, 0.717) is 0 Å². The Morgan fingerprint density at radius 2 is 1.23 bits per heavy atom. The second-order valence-corrected chi connectivity index (χ2v) is 15.5. The number of halogens is 2. The molecule has 4 aromatic rings. The topological polar surface area (TPSA) is 283 Å². The maximum absolute atomic E-state index is 11.2. The number of ether oxygens (including phenoxy) is 4. The molecule has 284 valence electrons. The number of aliphatic hydroxyl groups is 4. The van der Waals surface area contributed by atoms with E-state index in [1.165, 1.54) is 11.0 Å². The summed E-state index contributed by atoms with van der Waals surface area (Å²) in [4.78, 5) is 39.4. The van der Waals surface area contributed by atoms with Gasteiger partial charge in [-0.15, -0.1) is 10.2 Å². The Morgan fingerprint density at radius 3 is 1.66 bits per heavy atom. The van der Waals surface area contributed by atoms with Gasteiger partial charge in [-0.2, -0.15) is 0 Å². The van der Waals surface area contributed by atoms with Crippen LogP contribution >= 0.6 is 19.4 Å². The molecule has 3 fully saturated rings. The van der Waals surface area contributed by atoms with Crippen LogP contribution in [0.5, 0.6) is 0 Å². The van der Waals surface area contributed by atoms with Gasteiger partial charge in [0.1, 0.15) is 55.6 Å². The molecule has 0 aliphatic carbocycles. The van der Waals surface area contributed by atoms with E-state index in [4.69, 9.17) is 54.9 Å². The molecule has 3 aliphatic heterocycles. The van der Waals surface area contributed by atoms with Crippen molar-refractivity contribution < 1.29 is 68.9 Å². The van der Waals surface area contributed by atoms with Crippen molar-refractivity contribution in [3.8, 4) is 0 Å². The summed E-state index contributed by atoms with van der Waals surface area (Å²) in [7, 11) is 9.90.